The van der Waals surface area contributed by atoms with Gasteiger partial charge in [0.15, 0.2) is 11.3 Å². The van der Waals surface area contributed by atoms with E-state index in [-0.39, 0.29) is 12.2 Å². The smallest absolute Gasteiger partial charge is 0.251 e. The molecule has 0 aliphatic carbocycles. The molecule has 0 aliphatic heterocycles. The minimum atomic E-state index is -0.176. The number of aliphatic hydroxyl groups excluding tert-OH is 1. The van der Waals surface area contributed by atoms with Crippen LogP contribution in [0.2, 0.25) is 0 Å². The molecule has 0 bridgehead atoms. The summed E-state index contributed by atoms with van der Waals surface area (Å²) in [6.45, 7) is 0.541. The number of hydrogen-bond acceptors (Lipinski definition) is 8. The number of anilines is 3. The minimum absolute atomic E-state index is 0.0700. The molecule has 4 aromatic rings. The van der Waals surface area contributed by atoms with Gasteiger partial charge in [0.1, 0.15) is 5.82 Å². The van der Waals surface area contributed by atoms with E-state index in [0.29, 0.717) is 29.2 Å². The Kier molecular flexibility index (Phi) is 4.48. The lowest BCUT2D eigenvalue weighted by Gasteiger charge is -2.05. The van der Waals surface area contributed by atoms with Crippen molar-refractivity contribution >= 4 is 28.5 Å². The van der Waals surface area contributed by atoms with Gasteiger partial charge in [0.05, 0.1) is 30.4 Å². The zero-order chi connectivity index (χ0) is 17.8. The Morgan fingerprint density at radius 1 is 1.20 bits per heavy atom. The number of hydrogen-bond donors (Lipinski definition) is 5. The van der Waals surface area contributed by atoms with Crippen molar-refractivity contribution in [1.82, 2.24) is 29.2 Å². The van der Waals surface area contributed by atoms with Crippen LogP contribution >= 0.6 is 0 Å². The van der Waals surface area contributed by atoms with E-state index in [2.05, 4.69) is 25.5 Å². The lowest BCUT2D eigenvalue weighted by molar-refractivity contribution is 0.311. The number of nitrogens with zero attached hydrogens (tertiary/aromatic N) is 5. The van der Waals surface area contributed by atoms with Gasteiger partial charge in [-0.15, -0.1) is 0 Å². The second-order valence-corrected chi connectivity index (χ2v) is 5.01. The van der Waals surface area contributed by atoms with Gasteiger partial charge in [0.2, 0.25) is 0 Å². The number of nitrogen functional groups attached to an aromatic ring is 2. The Balaban J connectivity index is 0.000000150. The van der Waals surface area contributed by atoms with Crippen molar-refractivity contribution < 1.29 is 5.11 Å². The highest BCUT2D eigenvalue weighted by atomic mass is 16.3. The predicted octanol–water partition coefficient (Wildman–Crippen LogP) is -0.680. The fraction of sp³-hybridized carbons (Fsp3) is 0.143. The number of aromatic nitrogens is 6. The Morgan fingerprint density at radius 3 is 2.80 bits per heavy atom. The summed E-state index contributed by atoms with van der Waals surface area (Å²) in [4.78, 5) is 17.4. The molecule has 25 heavy (non-hydrogen) atoms. The van der Waals surface area contributed by atoms with Crippen LogP contribution in [0.1, 0.15) is 0 Å². The molecule has 130 valence electrons. The van der Waals surface area contributed by atoms with E-state index in [4.69, 9.17) is 16.6 Å². The molecule has 0 unspecified atom stereocenters. The van der Waals surface area contributed by atoms with Crippen molar-refractivity contribution in [3.63, 3.8) is 0 Å². The summed E-state index contributed by atoms with van der Waals surface area (Å²) < 4.78 is 3.11. The van der Waals surface area contributed by atoms with Crippen LogP contribution in [0, 0.1) is 0 Å². The predicted molar refractivity (Wildman–Crippen MR) is 93.2 cm³/mol. The fourth-order valence-corrected chi connectivity index (χ4v) is 2.14. The first kappa shape index (κ1) is 16.3. The summed E-state index contributed by atoms with van der Waals surface area (Å²) >= 11 is 0. The number of fused-ring (bicyclic) bond motifs is 2. The molecule has 11 nitrogen and oxygen atoms in total. The zero-order valence-corrected chi connectivity index (χ0v) is 13.1. The molecule has 0 saturated carbocycles. The zero-order valence-electron chi connectivity index (χ0n) is 13.1. The number of nitrogens with one attached hydrogen (secondary N) is 2. The Morgan fingerprint density at radius 2 is 2.00 bits per heavy atom. The third kappa shape index (κ3) is 3.35. The monoisotopic (exact) mass is 343 g/mol. The van der Waals surface area contributed by atoms with Gasteiger partial charge >= 0.3 is 0 Å². The van der Waals surface area contributed by atoms with E-state index in [0.717, 1.165) is 5.82 Å². The van der Waals surface area contributed by atoms with Gasteiger partial charge < -0.3 is 26.9 Å². The maximum absolute atomic E-state index is 10.8. The SMILES string of the molecule is Nc1cnn2c(NCCO)ccnc12.Nc1cnn2ccc(=O)[nH]c12. The first-order valence-electron chi connectivity index (χ1n) is 7.35. The van der Waals surface area contributed by atoms with Gasteiger partial charge in [-0.25, -0.2) is 9.50 Å². The highest BCUT2D eigenvalue weighted by Crippen LogP contribution is 2.14. The average molecular weight is 343 g/mol. The largest absolute Gasteiger partial charge is 0.395 e. The van der Waals surface area contributed by atoms with Crippen LogP contribution in [0.25, 0.3) is 11.3 Å². The van der Waals surface area contributed by atoms with E-state index in [1.165, 1.54) is 16.8 Å². The highest BCUT2D eigenvalue weighted by molar-refractivity contribution is 5.65. The molecular formula is C14H17N9O2. The average Bonchev–Trinajstić information content (AvgIpc) is 3.18. The van der Waals surface area contributed by atoms with E-state index in [9.17, 15) is 4.79 Å². The molecule has 4 rings (SSSR count). The molecule has 0 aliphatic rings. The molecule has 4 heterocycles. The Labute approximate surface area is 140 Å². The molecule has 0 saturated heterocycles. The minimum Gasteiger partial charge on any atom is -0.395 e. The van der Waals surface area contributed by atoms with E-state index in [1.54, 1.807) is 29.2 Å². The molecule has 0 aromatic carbocycles. The molecule has 0 fully saturated rings. The third-order valence-corrected chi connectivity index (χ3v) is 3.28. The van der Waals surface area contributed by atoms with Gasteiger partial charge in [0, 0.05) is 25.0 Å². The fourth-order valence-electron chi connectivity index (χ4n) is 2.14. The highest BCUT2D eigenvalue weighted by Gasteiger charge is 2.04. The van der Waals surface area contributed by atoms with Crippen LogP contribution in [0.15, 0.2) is 41.7 Å². The van der Waals surface area contributed by atoms with Crippen LogP contribution in [0.4, 0.5) is 17.2 Å². The van der Waals surface area contributed by atoms with Crippen molar-refractivity contribution in [3.05, 3.63) is 47.3 Å². The van der Waals surface area contributed by atoms with Gasteiger partial charge in [-0.2, -0.15) is 14.7 Å². The summed E-state index contributed by atoms with van der Waals surface area (Å²) in [6, 6.07) is 3.16. The molecule has 0 radical (unpaired) electrons. The summed E-state index contributed by atoms with van der Waals surface area (Å²) in [5.74, 6) is 0.765. The maximum Gasteiger partial charge on any atom is 0.251 e. The standard InChI is InChI=1S/C8H11N5O.C6H6N4O/c9-6-5-12-13-7(10-3-4-14)1-2-11-8(6)13;7-4-3-8-10-2-1-5(11)9-6(4)10/h1-2,5,10,14H,3-4,9H2;1-3H,7H2,(H,9,11). The second-order valence-electron chi connectivity index (χ2n) is 5.01. The van der Waals surface area contributed by atoms with Crippen LogP contribution < -0.4 is 22.3 Å². The Hall–Kier alpha value is -3.60. The van der Waals surface area contributed by atoms with Crippen molar-refractivity contribution in [3.8, 4) is 0 Å². The molecule has 0 amide bonds. The van der Waals surface area contributed by atoms with Gasteiger partial charge in [0.25, 0.3) is 5.56 Å². The number of aliphatic hydroxyl groups is 1. The van der Waals surface area contributed by atoms with Crippen molar-refractivity contribution in [2.45, 2.75) is 0 Å². The number of nitrogens with two attached hydrogens (primary N) is 2. The molecule has 4 aromatic heterocycles. The van der Waals surface area contributed by atoms with Crippen LogP contribution in [0.3, 0.4) is 0 Å². The summed E-state index contributed by atoms with van der Waals surface area (Å²) in [5, 5.41) is 19.6. The van der Waals surface area contributed by atoms with Crippen molar-refractivity contribution in [1.29, 1.82) is 0 Å². The molecule has 0 atom stereocenters. The quantitative estimate of drug-likeness (QED) is 0.326. The third-order valence-electron chi connectivity index (χ3n) is 3.28. The molecule has 0 spiro atoms. The maximum atomic E-state index is 10.8. The van der Waals surface area contributed by atoms with Crippen LogP contribution in [-0.4, -0.2) is 47.5 Å². The summed E-state index contributed by atoms with van der Waals surface area (Å²) in [5.41, 5.74) is 13.1. The molecule has 11 heteroatoms. The van der Waals surface area contributed by atoms with Gasteiger partial charge in [-0.1, -0.05) is 0 Å². The van der Waals surface area contributed by atoms with Crippen molar-refractivity contribution in [2.75, 3.05) is 29.9 Å². The van der Waals surface area contributed by atoms with Gasteiger partial charge in [-0.3, -0.25) is 4.79 Å². The normalized spacial score (nSPS) is 10.6. The molecular weight excluding hydrogens is 326 g/mol. The van der Waals surface area contributed by atoms with Gasteiger partial charge in [-0.05, 0) is 6.07 Å². The summed E-state index contributed by atoms with van der Waals surface area (Å²) in [7, 11) is 0. The van der Waals surface area contributed by atoms with Crippen LogP contribution in [-0.2, 0) is 0 Å². The first-order valence-corrected chi connectivity index (χ1v) is 7.35. The summed E-state index contributed by atoms with van der Waals surface area (Å²) in [6.07, 6.45) is 6.25. The second kappa shape index (κ2) is 6.88. The van der Waals surface area contributed by atoms with E-state index in [1.807, 2.05) is 0 Å². The van der Waals surface area contributed by atoms with E-state index >= 15 is 0 Å². The topological polar surface area (TPSA) is 165 Å². The van der Waals surface area contributed by atoms with Crippen LogP contribution in [0.5, 0.6) is 0 Å². The number of H-pyrrole nitrogens is 1. The lowest BCUT2D eigenvalue weighted by atomic mass is 10.5. The lowest BCUT2D eigenvalue weighted by Crippen LogP contribution is -2.09. The first-order chi connectivity index (χ1) is 12.1. The van der Waals surface area contributed by atoms with Crippen molar-refractivity contribution in [2.24, 2.45) is 0 Å². The Bertz CT molecular complexity index is 1050. The van der Waals surface area contributed by atoms with E-state index < -0.39 is 0 Å². The molecule has 7 N–H and O–H groups in total. The number of rotatable bonds is 3. The number of aromatic amines is 1.